The van der Waals surface area contributed by atoms with Gasteiger partial charge in [-0.1, -0.05) is 0 Å². The van der Waals surface area contributed by atoms with Crippen LogP contribution in [0.3, 0.4) is 0 Å². The number of halogens is 6. The highest BCUT2D eigenvalue weighted by Crippen LogP contribution is 2.27. The van der Waals surface area contributed by atoms with Crippen LogP contribution >= 0.6 is 0 Å². The maximum Gasteiger partial charge on any atom is 0.490 e. The van der Waals surface area contributed by atoms with Gasteiger partial charge in [-0.3, -0.25) is 10.00 Å². The number of aromatic amines is 1. The minimum atomic E-state index is -5.08. The quantitative estimate of drug-likeness (QED) is 0.789. The Kier molecular flexibility index (Phi) is 7.23. The van der Waals surface area contributed by atoms with E-state index in [1.165, 1.54) is 0 Å². The van der Waals surface area contributed by atoms with E-state index in [2.05, 4.69) is 10.2 Å². The van der Waals surface area contributed by atoms with Crippen molar-refractivity contribution in [1.29, 1.82) is 0 Å². The number of alkyl halides is 6. The molecule has 6 nitrogen and oxygen atoms in total. The molecule has 25 heavy (non-hydrogen) atoms. The lowest BCUT2D eigenvalue weighted by Gasteiger charge is -2.19. The Labute approximate surface area is 138 Å². The first-order valence-electron chi connectivity index (χ1n) is 7.11. The molecular weight excluding hydrogens is 360 g/mol. The minimum absolute atomic E-state index is 0.194. The number of nitrogens with zero attached hydrogens (tertiary/aromatic N) is 2. The van der Waals surface area contributed by atoms with Crippen LogP contribution in [0.25, 0.3) is 0 Å². The average Bonchev–Trinajstić information content (AvgIpc) is 3.09. The Balaban J connectivity index is 0.000000381. The predicted molar refractivity (Wildman–Crippen MR) is 72.6 cm³/mol. The molecule has 2 N–H and O–H groups in total. The molecule has 0 bridgehead atoms. The summed E-state index contributed by atoms with van der Waals surface area (Å²) in [7, 11) is 1.86. The molecule has 1 aromatic heterocycles. The fraction of sp³-hybridized carbons (Fsp3) is 0.692. The predicted octanol–water partition coefficient (Wildman–Crippen LogP) is 2.67. The van der Waals surface area contributed by atoms with Gasteiger partial charge in [-0.15, -0.1) is 0 Å². The lowest BCUT2D eigenvalue weighted by atomic mass is 10.2. The standard InChI is InChI=1S/C11H16F3N3O.C2HF3O2/c1-17(7-9-3-2-4-18-9)6-8-5-10(16-15-8)11(12,13)14;3-2(4,5)1(6)7/h5,9H,2-4,6-7H2,1H3,(H,15,16);(H,6,7). The smallest absolute Gasteiger partial charge is 0.475 e. The van der Waals surface area contributed by atoms with Crippen LogP contribution in [0.4, 0.5) is 26.3 Å². The van der Waals surface area contributed by atoms with Gasteiger partial charge in [0.05, 0.1) is 6.10 Å². The van der Waals surface area contributed by atoms with E-state index in [1.807, 2.05) is 11.9 Å². The molecule has 12 heteroatoms. The Hall–Kier alpha value is -1.82. The summed E-state index contributed by atoms with van der Waals surface area (Å²) in [6.45, 7) is 1.91. The van der Waals surface area contributed by atoms with Gasteiger partial charge in [-0.05, 0) is 26.0 Å². The largest absolute Gasteiger partial charge is 0.490 e. The summed E-state index contributed by atoms with van der Waals surface area (Å²) in [5.74, 6) is -2.76. The molecule has 1 fully saturated rings. The van der Waals surface area contributed by atoms with Crippen molar-refractivity contribution in [3.05, 3.63) is 17.5 Å². The fourth-order valence-corrected chi connectivity index (χ4v) is 2.08. The van der Waals surface area contributed by atoms with Crippen LogP contribution < -0.4 is 0 Å². The zero-order valence-electron chi connectivity index (χ0n) is 13.1. The number of aliphatic carboxylic acids is 1. The monoisotopic (exact) mass is 377 g/mol. The number of ether oxygens (including phenoxy) is 1. The van der Waals surface area contributed by atoms with Crippen LogP contribution in [0.5, 0.6) is 0 Å². The molecule has 0 spiro atoms. The number of rotatable bonds is 4. The number of hydrogen-bond acceptors (Lipinski definition) is 4. The fourth-order valence-electron chi connectivity index (χ4n) is 2.08. The van der Waals surface area contributed by atoms with Gasteiger partial charge in [-0.2, -0.15) is 31.4 Å². The van der Waals surface area contributed by atoms with E-state index >= 15 is 0 Å². The van der Waals surface area contributed by atoms with Gasteiger partial charge in [0.25, 0.3) is 0 Å². The normalized spacial score (nSPS) is 18.2. The van der Waals surface area contributed by atoms with Crippen molar-refractivity contribution < 1.29 is 41.0 Å². The molecule has 2 heterocycles. The van der Waals surface area contributed by atoms with Gasteiger partial charge in [0.15, 0.2) is 5.69 Å². The lowest BCUT2D eigenvalue weighted by molar-refractivity contribution is -0.192. The van der Waals surface area contributed by atoms with Crippen molar-refractivity contribution in [1.82, 2.24) is 15.1 Å². The molecule has 0 aliphatic carbocycles. The summed E-state index contributed by atoms with van der Waals surface area (Å²) in [5.41, 5.74) is -0.411. The molecule has 1 aliphatic rings. The summed E-state index contributed by atoms with van der Waals surface area (Å²) < 4.78 is 74.3. The Morgan fingerprint density at radius 2 is 2.00 bits per heavy atom. The summed E-state index contributed by atoms with van der Waals surface area (Å²) in [5, 5.41) is 12.8. The molecule has 2 rings (SSSR count). The third-order valence-electron chi connectivity index (χ3n) is 3.14. The molecule has 1 saturated heterocycles. The van der Waals surface area contributed by atoms with Crippen molar-refractivity contribution in [2.45, 2.75) is 37.8 Å². The van der Waals surface area contributed by atoms with Gasteiger partial charge >= 0.3 is 18.3 Å². The number of H-pyrrole nitrogens is 1. The topological polar surface area (TPSA) is 78.5 Å². The first-order valence-corrected chi connectivity index (χ1v) is 7.11. The Bertz CT molecular complexity index is 552. The van der Waals surface area contributed by atoms with Crippen molar-refractivity contribution in [2.24, 2.45) is 0 Å². The Morgan fingerprint density at radius 1 is 1.40 bits per heavy atom. The number of hydrogen-bond donors (Lipinski definition) is 2. The van der Waals surface area contributed by atoms with E-state index in [-0.39, 0.29) is 6.10 Å². The second-order valence-electron chi connectivity index (χ2n) is 5.41. The third-order valence-corrected chi connectivity index (χ3v) is 3.14. The number of aromatic nitrogens is 2. The van der Waals surface area contributed by atoms with E-state index in [4.69, 9.17) is 14.6 Å². The number of carbonyl (C=O) groups is 1. The van der Waals surface area contributed by atoms with Crippen LogP contribution in [0.1, 0.15) is 24.2 Å². The van der Waals surface area contributed by atoms with Gasteiger partial charge in [0.2, 0.25) is 0 Å². The zero-order chi connectivity index (χ0) is 19.3. The van der Waals surface area contributed by atoms with Crippen LogP contribution in [-0.2, 0) is 22.3 Å². The molecule has 144 valence electrons. The minimum Gasteiger partial charge on any atom is -0.475 e. The summed E-state index contributed by atoms with van der Waals surface area (Å²) in [6.07, 6.45) is -7.20. The van der Waals surface area contributed by atoms with Crippen molar-refractivity contribution in [3.8, 4) is 0 Å². The van der Waals surface area contributed by atoms with Crippen molar-refractivity contribution >= 4 is 5.97 Å². The highest BCUT2D eigenvalue weighted by atomic mass is 19.4. The van der Waals surface area contributed by atoms with Crippen LogP contribution in [-0.4, -0.2) is 58.7 Å². The highest BCUT2D eigenvalue weighted by molar-refractivity contribution is 5.73. The maximum atomic E-state index is 12.4. The van der Waals surface area contributed by atoms with Crippen molar-refractivity contribution in [2.75, 3.05) is 20.2 Å². The van der Waals surface area contributed by atoms with Gasteiger partial charge < -0.3 is 9.84 Å². The van der Waals surface area contributed by atoms with Gasteiger partial charge in [0.1, 0.15) is 0 Å². The summed E-state index contributed by atoms with van der Waals surface area (Å²) in [6, 6.07) is 1.05. The summed E-state index contributed by atoms with van der Waals surface area (Å²) in [4.78, 5) is 10.8. The molecule has 1 aliphatic heterocycles. The molecule has 0 amide bonds. The van der Waals surface area contributed by atoms with Crippen molar-refractivity contribution in [3.63, 3.8) is 0 Å². The SMILES string of the molecule is CN(Cc1cc(C(F)(F)F)n[nH]1)CC1CCCO1.O=C(O)C(F)(F)F. The molecule has 0 aromatic carbocycles. The molecule has 1 atom stereocenters. The zero-order valence-corrected chi connectivity index (χ0v) is 13.1. The average molecular weight is 377 g/mol. The van der Waals surface area contributed by atoms with Crippen LogP contribution in [0, 0.1) is 0 Å². The number of nitrogens with one attached hydrogen (secondary N) is 1. The highest BCUT2D eigenvalue weighted by Gasteiger charge is 2.38. The lowest BCUT2D eigenvalue weighted by Crippen LogP contribution is -2.28. The molecule has 1 aromatic rings. The first kappa shape index (κ1) is 21.2. The van der Waals surface area contributed by atoms with E-state index in [0.29, 0.717) is 12.2 Å². The molecule has 0 radical (unpaired) electrons. The van der Waals surface area contributed by atoms with E-state index in [0.717, 1.165) is 32.1 Å². The van der Waals surface area contributed by atoms with Crippen LogP contribution in [0.15, 0.2) is 6.07 Å². The van der Waals surface area contributed by atoms with E-state index < -0.39 is 24.0 Å². The van der Waals surface area contributed by atoms with Gasteiger partial charge in [0, 0.05) is 25.4 Å². The van der Waals surface area contributed by atoms with E-state index in [9.17, 15) is 26.3 Å². The molecular formula is C13H17F6N3O3. The number of carboxylic acids is 1. The molecule has 1 unspecified atom stereocenters. The third kappa shape index (κ3) is 7.73. The van der Waals surface area contributed by atoms with Gasteiger partial charge in [-0.25, -0.2) is 4.79 Å². The number of carboxylic acid groups (broad SMARTS) is 1. The summed E-state index contributed by atoms with van der Waals surface area (Å²) >= 11 is 0. The van der Waals surface area contributed by atoms with Crippen LogP contribution in [0.2, 0.25) is 0 Å². The number of likely N-dealkylation sites (N-methyl/N-ethyl adjacent to an activating group) is 1. The second-order valence-corrected chi connectivity index (χ2v) is 5.41. The maximum absolute atomic E-state index is 12.4. The Morgan fingerprint density at radius 3 is 2.40 bits per heavy atom. The first-order chi connectivity index (χ1) is 11.4. The second kappa shape index (κ2) is 8.52. The molecule has 0 saturated carbocycles. The van der Waals surface area contributed by atoms with E-state index in [1.54, 1.807) is 0 Å².